The summed E-state index contributed by atoms with van der Waals surface area (Å²) in [5, 5.41) is 5.93. The van der Waals surface area contributed by atoms with E-state index in [4.69, 9.17) is 4.74 Å². The maximum absolute atomic E-state index is 12.1. The normalized spacial score (nSPS) is 20.5. The van der Waals surface area contributed by atoms with Crippen molar-refractivity contribution < 1.29 is 9.53 Å². The summed E-state index contributed by atoms with van der Waals surface area (Å²) in [6.07, 6.45) is 6.36. The van der Waals surface area contributed by atoms with Crippen molar-refractivity contribution in [1.29, 1.82) is 0 Å². The molecule has 2 saturated heterocycles. The standard InChI is InChI=1S/C15H23N3O2S/c19-14(10-12-4-8-20-9-5-12)16-13-11-21-15(17-13)18-6-2-1-3-7-18/h11-12H,1-10H2,(H,16,19). The number of rotatable bonds is 4. The summed E-state index contributed by atoms with van der Waals surface area (Å²) in [7, 11) is 0. The lowest BCUT2D eigenvalue weighted by Gasteiger charge is -2.25. The number of nitrogens with zero attached hydrogens (tertiary/aromatic N) is 2. The van der Waals surface area contributed by atoms with Crippen molar-refractivity contribution in [3.05, 3.63) is 5.38 Å². The number of thiazole rings is 1. The summed E-state index contributed by atoms with van der Waals surface area (Å²) in [6, 6.07) is 0. The van der Waals surface area contributed by atoms with Crippen LogP contribution in [-0.2, 0) is 9.53 Å². The molecule has 2 aliphatic rings. The van der Waals surface area contributed by atoms with Gasteiger partial charge in [-0.15, -0.1) is 11.3 Å². The third-order valence-corrected chi connectivity index (χ3v) is 5.10. The summed E-state index contributed by atoms with van der Waals surface area (Å²) < 4.78 is 5.32. The van der Waals surface area contributed by atoms with Crippen molar-refractivity contribution in [3.63, 3.8) is 0 Å². The van der Waals surface area contributed by atoms with Crippen molar-refractivity contribution in [3.8, 4) is 0 Å². The summed E-state index contributed by atoms with van der Waals surface area (Å²) in [6.45, 7) is 3.74. The Kier molecular flexibility index (Phi) is 5.08. The molecule has 0 aromatic carbocycles. The Hall–Kier alpha value is -1.14. The Morgan fingerprint density at radius 2 is 2.10 bits per heavy atom. The number of anilines is 2. The fourth-order valence-corrected chi connectivity index (χ4v) is 3.77. The molecule has 1 aromatic rings. The topological polar surface area (TPSA) is 54.5 Å². The first-order chi connectivity index (χ1) is 10.3. The molecule has 6 heteroatoms. The van der Waals surface area contributed by atoms with Gasteiger partial charge in [-0.2, -0.15) is 0 Å². The van der Waals surface area contributed by atoms with Crippen LogP contribution in [-0.4, -0.2) is 37.2 Å². The van der Waals surface area contributed by atoms with E-state index in [1.165, 1.54) is 19.3 Å². The fourth-order valence-electron chi connectivity index (χ4n) is 2.96. The number of hydrogen-bond donors (Lipinski definition) is 1. The molecule has 0 saturated carbocycles. The molecule has 1 N–H and O–H groups in total. The highest BCUT2D eigenvalue weighted by Gasteiger charge is 2.19. The Balaban J connectivity index is 1.50. The summed E-state index contributed by atoms with van der Waals surface area (Å²) >= 11 is 1.62. The number of carbonyl (C=O) groups is 1. The molecule has 2 aliphatic heterocycles. The molecule has 0 bridgehead atoms. The Morgan fingerprint density at radius 1 is 1.33 bits per heavy atom. The van der Waals surface area contributed by atoms with Gasteiger partial charge in [-0.3, -0.25) is 4.79 Å². The van der Waals surface area contributed by atoms with Gasteiger partial charge >= 0.3 is 0 Å². The number of piperidine rings is 1. The molecule has 0 aliphatic carbocycles. The van der Waals surface area contributed by atoms with Gasteiger partial charge in [0.05, 0.1) is 0 Å². The Morgan fingerprint density at radius 3 is 2.86 bits per heavy atom. The van der Waals surface area contributed by atoms with Crippen LogP contribution < -0.4 is 10.2 Å². The monoisotopic (exact) mass is 309 g/mol. The average Bonchev–Trinajstić information content (AvgIpc) is 2.97. The van der Waals surface area contributed by atoms with E-state index in [1.54, 1.807) is 11.3 Å². The van der Waals surface area contributed by atoms with Gasteiger partial charge < -0.3 is 15.0 Å². The Labute approximate surface area is 129 Å². The van der Waals surface area contributed by atoms with Crippen LogP contribution in [0.4, 0.5) is 10.9 Å². The number of amides is 1. The molecule has 2 fully saturated rings. The van der Waals surface area contributed by atoms with Gasteiger partial charge in [0.25, 0.3) is 0 Å². The lowest BCUT2D eigenvalue weighted by atomic mass is 9.96. The van der Waals surface area contributed by atoms with E-state index in [2.05, 4.69) is 15.2 Å². The van der Waals surface area contributed by atoms with Crippen molar-refractivity contribution in [2.24, 2.45) is 5.92 Å². The first-order valence-electron chi connectivity index (χ1n) is 7.89. The minimum atomic E-state index is 0.0809. The summed E-state index contributed by atoms with van der Waals surface area (Å²) in [4.78, 5) is 18.9. The highest BCUT2D eigenvalue weighted by molar-refractivity contribution is 7.14. The quantitative estimate of drug-likeness (QED) is 0.929. The second-order valence-electron chi connectivity index (χ2n) is 5.87. The number of hydrogen-bond acceptors (Lipinski definition) is 5. The van der Waals surface area contributed by atoms with Gasteiger partial charge in [-0.25, -0.2) is 4.98 Å². The molecule has 1 amide bonds. The van der Waals surface area contributed by atoms with E-state index < -0.39 is 0 Å². The van der Waals surface area contributed by atoms with E-state index in [1.807, 2.05) is 5.38 Å². The van der Waals surface area contributed by atoms with Crippen molar-refractivity contribution in [1.82, 2.24) is 4.98 Å². The fraction of sp³-hybridized carbons (Fsp3) is 0.733. The van der Waals surface area contributed by atoms with Gasteiger partial charge in [-0.05, 0) is 38.0 Å². The number of nitrogens with one attached hydrogen (secondary N) is 1. The minimum Gasteiger partial charge on any atom is -0.381 e. The molecule has 0 atom stereocenters. The average molecular weight is 309 g/mol. The number of carbonyl (C=O) groups excluding carboxylic acids is 1. The highest BCUT2D eigenvalue weighted by atomic mass is 32.1. The maximum atomic E-state index is 12.1. The molecular formula is C15H23N3O2S. The second-order valence-corrected chi connectivity index (χ2v) is 6.71. The smallest absolute Gasteiger partial charge is 0.225 e. The maximum Gasteiger partial charge on any atom is 0.225 e. The lowest BCUT2D eigenvalue weighted by molar-refractivity contribution is -0.117. The molecule has 0 unspecified atom stereocenters. The molecule has 1 aromatic heterocycles. The molecule has 21 heavy (non-hydrogen) atoms. The largest absolute Gasteiger partial charge is 0.381 e. The zero-order valence-corrected chi connectivity index (χ0v) is 13.2. The van der Waals surface area contributed by atoms with Gasteiger partial charge in [0, 0.05) is 38.1 Å². The third-order valence-electron chi connectivity index (χ3n) is 4.20. The van der Waals surface area contributed by atoms with Crippen LogP contribution in [0.2, 0.25) is 0 Å². The van der Waals surface area contributed by atoms with E-state index in [9.17, 15) is 4.79 Å². The van der Waals surface area contributed by atoms with E-state index in [0.29, 0.717) is 18.2 Å². The van der Waals surface area contributed by atoms with Crippen LogP contribution in [0.1, 0.15) is 38.5 Å². The van der Waals surface area contributed by atoms with Crippen LogP contribution in [0.3, 0.4) is 0 Å². The van der Waals surface area contributed by atoms with E-state index >= 15 is 0 Å². The molecule has 0 spiro atoms. The Bertz CT molecular complexity index is 465. The second kappa shape index (κ2) is 7.22. The highest BCUT2D eigenvalue weighted by Crippen LogP contribution is 2.26. The predicted molar refractivity (Wildman–Crippen MR) is 85.0 cm³/mol. The van der Waals surface area contributed by atoms with Gasteiger partial charge in [0.15, 0.2) is 5.13 Å². The van der Waals surface area contributed by atoms with Crippen LogP contribution in [0.25, 0.3) is 0 Å². The summed E-state index contributed by atoms with van der Waals surface area (Å²) in [5.41, 5.74) is 0. The van der Waals surface area contributed by atoms with Crippen molar-refractivity contribution in [2.75, 3.05) is 36.5 Å². The molecule has 3 heterocycles. The first-order valence-corrected chi connectivity index (χ1v) is 8.77. The van der Waals surface area contributed by atoms with E-state index in [-0.39, 0.29) is 5.91 Å². The first kappa shape index (κ1) is 14.8. The molecule has 3 rings (SSSR count). The third kappa shape index (κ3) is 4.17. The van der Waals surface area contributed by atoms with Crippen LogP contribution in [0.5, 0.6) is 0 Å². The number of aromatic nitrogens is 1. The molecule has 5 nitrogen and oxygen atoms in total. The SMILES string of the molecule is O=C(CC1CCOCC1)Nc1csc(N2CCCCC2)n1. The zero-order chi connectivity index (χ0) is 14.5. The van der Waals surface area contributed by atoms with Gasteiger partial charge in [0.2, 0.25) is 5.91 Å². The zero-order valence-electron chi connectivity index (χ0n) is 12.3. The number of ether oxygens (including phenoxy) is 1. The molecular weight excluding hydrogens is 286 g/mol. The summed E-state index contributed by atoms with van der Waals surface area (Å²) in [5.74, 6) is 1.24. The lowest BCUT2D eigenvalue weighted by Crippen LogP contribution is -2.29. The minimum absolute atomic E-state index is 0.0809. The van der Waals surface area contributed by atoms with Crippen LogP contribution in [0, 0.1) is 5.92 Å². The molecule has 0 radical (unpaired) electrons. The van der Waals surface area contributed by atoms with Crippen molar-refractivity contribution >= 4 is 28.2 Å². The predicted octanol–water partition coefficient (Wildman–Crippen LogP) is 2.89. The van der Waals surface area contributed by atoms with Crippen LogP contribution in [0.15, 0.2) is 5.38 Å². The van der Waals surface area contributed by atoms with Gasteiger partial charge in [0.1, 0.15) is 5.82 Å². The van der Waals surface area contributed by atoms with Crippen molar-refractivity contribution in [2.45, 2.75) is 38.5 Å². The van der Waals surface area contributed by atoms with Gasteiger partial charge in [-0.1, -0.05) is 0 Å². The van der Waals surface area contributed by atoms with E-state index in [0.717, 1.165) is 44.3 Å². The van der Waals surface area contributed by atoms with Crippen LogP contribution >= 0.6 is 11.3 Å². The molecule has 116 valence electrons.